The largest absolute Gasteiger partial charge is 0.496 e. The minimum atomic E-state index is -0.00452. The fourth-order valence-electron chi connectivity index (χ4n) is 3.10. The second-order valence-corrected chi connectivity index (χ2v) is 6.02. The molecule has 1 aliphatic carbocycles. The zero-order valence-electron chi connectivity index (χ0n) is 13.2. The van der Waals surface area contributed by atoms with E-state index in [1.807, 2.05) is 30.1 Å². The van der Waals surface area contributed by atoms with Gasteiger partial charge in [-0.1, -0.05) is 24.6 Å². The van der Waals surface area contributed by atoms with Crippen molar-refractivity contribution in [3.63, 3.8) is 0 Å². The quantitative estimate of drug-likeness (QED) is 0.904. The van der Waals surface area contributed by atoms with E-state index in [0.717, 1.165) is 37.0 Å². The molecule has 1 aromatic rings. The summed E-state index contributed by atoms with van der Waals surface area (Å²) < 4.78 is 5.38. The Morgan fingerprint density at radius 3 is 2.76 bits per heavy atom. The first-order valence-electron chi connectivity index (χ1n) is 7.68. The molecule has 1 aromatic carbocycles. The number of rotatable bonds is 5. The van der Waals surface area contributed by atoms with Crippen LogP contribution in [0.4, 0.5) is 0 Å². The Hall–Kier alpha value is -1.55. The van der Waals surface area contributed by atoms with Crippen molar-refractivity contribution in [1.29, 1.82) is 0 Å². The van der Waals surface area contributed by atoms with E-state index in [1.54, 1.807) is 7.11 Å². The van der Waals surface area contributed by atoms with Crippen LogP contribution in [0.5, 0.6) is 5.75 Å². The smallest absolute Gasteiger partial charge is 0.227 e. The molecule has 4 nitrogen and oxygen atoms in total. The van der Waals surface area contributed by atoms with Crippen LogP contribution in [0.2, 0.25) is 0 Å². The first kappa shape index (κ1) is 15.8. The Balaban J connectivity index is 2.02. The molecule has 0 aromatic heterocycles. The fraction of sp³-hybridized carbons (Fsp3) is 0.588. The van der Waals surface area contributed by atoms with Crippen molar-refractivity contribution in [1.82, 2.24) is 4.90 Å². The highest BCUT2D eigenvalue weighted by molar-refractivity contribution is 5.80. The van der Waals surface area contributed by atoms with Crippen LogP contribution in [-0.4, -0.2) is 37.0 Å². The maximum Gasteiger partial charge on any atom is 0.227 e. The van der Waals surface area contributed by atoms with Crippen molar-refractivity contribution in [2.75, 3.05) is 14.2 Å². The topological polar surface area (TPSA) is 55.6 Å². The fourth-order valence-corrected chi connectivity index (χ4v) is 3.10. The van der Waals surface area contributed by atoms with Crippen LogP contribution in [0.15, 0.2) is 24.3 Å². The van der Waals surface area contributed by atoms with E-state index in [2.05, 4.69) is 13.0 Å². The summed E-state index contributed by atoms with van der Waals surface area (Å²) >= 11 is 0. The van der Waals surface area contributed by atoms with Gasteiger partial charge in [-0.3, -0.25) is 4.79 Å². The molecule has 2 rings (SSSR count). The van der Waals surface area contributed by atoms with Crippen LogP contribution in [0.1, 0.15) is 31.7 Å². The molecule has 0 spiro atoms. The first-order valence-corrected chi connectivity index (χ1v) is 7.68. The summed E-state index contributed by atoms with van der Waals surface area (Å²) in [4.78, 5) is 14.4. The van der Waals surface area contributed by atoms with Gasteiger partial charge in [0.05, 0.1) is 13.0 Å². The van der Waals surface area contributed by atoms with E-state index in [9.17, 15) is 4.79 Å². The van der Waals surface area contributed by atoms with Crippen LogP contribution in [0, 0.1) is 5.92 Å². The molecule has 0 bridgehead atoms. The molecule has 0 saturated heterocycles. The SMILES string of the molecule is COc1ccccc1CC(C)N(C)C(=O)C1CCCC1N. The third-order valence-electron chi connectivity index (χ3n) is 4.60. The number of benzene rings is 1. The number of para-hydroxylation sites is 1. The summed E-state index contributed by atoms with van der Waals surface area (Å²) in [5.74, 6) is 1.06. The van der Waals surface area contributed by atoms with Crippen molar-refractivity contribution in [2.24, 2.45) is 11.7 Å². The number of nitrogens with zero attached hydrogens (tertiary/aromatic N) is 1. The van der Waals surface area contributed by atoms with Gasteiger partial charge >= 0.3 is 0 Å². The van der Waals surface area contributed by atoms with Gasteiger partial charge in [-0.2, -0.15) is 0 Å². The Labute approximate surface area is 127 Å². The van der Waals surface area contributed by atoms with Crippen molar-refractivity contribution in [3.05, 3.63) is 29.8 Å². The molecule has 0 heterocycles. The van der Waals surface area contributed by atoms with Gasteiger partial charge in [0.15, 0.2) is 0 Å². The maximum absolute atomic E-state index is 12.6. The van der Waals surface area contributed by atoms with Gasteiger partial charge < -0.3 is 15.4 Å². The van der Waals surface area contributed by atoms with Gasteiger partial charge in [0.1, 0.15) is 5.75 Å². The minimum Gasteiger partial charge on any atom is -0.496 e. The van der Waals surface area contributed by atoms with Gasteiger partial charge in [0, 0.05) is 19.1 Å². The lowest BCUT2D eigenvalue weighted by Gasteiger charge is -2.29. The Morgan fingerprint density at radius 2 is 2.14 bits per heavy atom. The van der Waals surface area contributed by atoms with Crippen molar-refractivity contribution >= 4 is 5.91 Å². The van der Waals surface area contributed by atoms with Gasteiger partial charge in [-0.15, -0.1) is 0 Å². The van der Waals surface area contributed by atoms with Gasteiger partial charge in [-0.25, -0.2) is 0 Å². The number of hydrogen-bond donors (Lipinski definition) is 1. The van der Waals surface area contributed by atoms with Crippen molar-refractivity contribution < 1.29 is 9.53 Å². The Kier molecular flexibility index (Phi) is 5.23. The lowest BCUT2D eigenvalue weighted by atomic mass is 10.00. The molecule has 4 heteroatoms. The maximum atomic E-state index is 12.6. The number of amides is 1. The summed E-state index contributed by atoms with van der Waals surface area (Å²) in [7, 11) is 3.56. The molecule has 0 radical (unpaired) electrons. The average molecular weight is 290 g/mol. The second-order valence-electron chi connectivity index (χ2n) is 6.02. The molecule has 3 unspecified atom stereocenters. The molecular weight excluding hydrogens is 264 g/mol. The second kappa shape index (κ2) is 6.94. The molecule has 2 N–H and O–H groups in total. The zero-order chi connectivity index (χ0) is 15.4. The summed E-state index contributed by atoms with van der Waals surface area (Å²) in [6.07, 6.45) is 3.73. The van der Waals surface area contributed by atoms with Crippen molar-refractivity contribution in [3.8, 4) is 5.75 Å². The summed E-state index contributed by atoms with van der Waals surface area (Å²) in [6.45, 7) is 2.07. The average Bonchev–Trinajstić information content (AvgIpc) is 2.92. The van der Waals surface area contributed by atoms with Gasteiger partial charge in [0.2, 0.25) is 5.91 Å². The minimum absolute atomic E-state index is 0.00452. The van der Waals surface area contributed by atoms with Gasteiger partial charge in [0.25, 0.3) is 0 Å². The number of nitrogens with two attached hydrogens (primary N) is 1. The number of carbonyl (C=O) groups excluding carboxylic acids is 1. The Morgan fingerprint density at radius 1 is 1.43 bits per heavy atom. The number of ether oxygens (including phenoxy) is 1. The lowest BCUT2D eigenvalue weighted by Crippen LogP contribution is -2.44. The van der Waals surface area contributed by atoms with Crippen LogP contribution in [0.3, 0.4) is 0 Å². The first-order chi connectivity index (χ1) is 10.0. The summed E-state index contributed by atoms with van der Waals surface area (Å²) in [5, 5.41) is 0. The standard InChI is InChI=1S/C17H26N2O2/c1-12(11-13-7-4-5-10-16(13)21-3)19(2)17(20)14-8-6-9-15(14)18/h4-5,7,10,12,14-15H,6,8-9,11,18H2,1-3H3. The monoisotopic (exact) mass is 290 g/mol. The molecular formula is C17H26N2O2. The summed E-state index contributed by atoms with van der Waals surface area (Å²) in [6, 6.07) is 8.12. The number of carbonyl (C=O) groups is 1. The van der Waals surface area contributed by atoms with E-state index in [4.69, 9.17) is 10.5 Å². The van der Waals surface area contributed by atoms with E-state index in [0.29, 0.717) is 0 Å². The van der Waals surface area contributed by atoms with E-state index >= 15 is 0 Å². The molecule has 1 fully saturated rings. The normalized spacial score (nSPS) is 22.9. The van der Waals surface area contributed by atoms with E-state index in [-0.39, 0.29) is 23.9 Å². The predicted octanol–water partition coefficient (Wildman–Crippen LogP) is 2.21. The third-order valence-corrected chi connectivity index (χ3v) is 4.60. The van der Waals surface area contributed by atoms with E-state index < -0.39 is 0 Å². The predicted molar refractivity (Wildman–Crippen MR) is 84.2 cm³/mol. The molecule has 3 atom stereocenters. The summed E-state index contributed by atoms with van der Waals surface area (Å²) in [5.41, 5.74) is 7.18. The molecule has 1 saturated carbocycles. The number of likely N-dealkylation sites (N-methyl/N-ethyl adjacent to an activating group) is 1. The van der Waals surface area contributed by atoms with Crippen LogP contribution in [-0.2, 0) is 11.2 Å². The number of methoxy groups -OCH3 is 1. The molecule has 21 heavy (non-hydrogen) atoms. The van der Waals surface area contributed by atoms with Gasteiger partial charge in [-0.05, 0) is 37.8 Å². The van der Waals surface area contributed by atoms with Crippen LogP contribution < -0.4 is 10.5 Å². The highest BCUT2D eigenvalue weighted by atomic mass is 16.5. The third kappa shape index (κ3) is 3.56. The highest BCUT2D eigenvalue weighted by Gasteiger charge is 2.33. The zero-order valence-corrected chi connectivity index (χ0v) is 13.2. The molecule has 1 amide bonds. The van der Waals surface area contributed by atoms with E-state index in [1.165, 1.54) is 0 Å². The van der Waals surface area contributed by atoms with Crippen LogP contribution >= 0.6 is 0 Å². The highest BCUT2D eigenvalue weighted by Crippen LogP contribution is 2.27. The molecule has 1 aliphatic rings. The number of hydrogen-bond acceptors (Lipinski definition) is 3. The molecule has 0 aliphatic heterocycles. The molecule has 116 valence electrons. The van der Waals surface area contributed by atoms with Crippen LogP contribution in [0.25, 0.3) is 0 Å². The Bertz CT molecular complexity index is 489. The van der Waals surface area contributed by atoms with Crippen molar-refractivity contribution in [2.45, 2.75) is 44.7 Å². The lowest BCUT2D eigenvalue weighted by molar-refractivity contribution is -0.136.